The Morgan fingerprint density at radius 2 is 1.85 bits per heavy atom. The first kappa shape index (κ1) is 14.3. The summed E-state index contributed by atoms with van der Waals surface area (Å²) < 4.78 is 0. The monoisotopic (exact) mass is 270 g/mol. The van der Waals surface area contributed by atoms with E-state index in [-0.39, 0.29) is 11.7 Å². The average molecular weight is 270 g/mol. The summed E-state index contributed by atoms with van der Waals surface area (Å²) in [4.78, 5) is 26.4. The van der Waals surface area contributed by atoms with Crippen molar-refractivity contribution in [3.8, 4) is 6.07 Å². The Morgan fingerprint density at radius 3 is 2.45 bits per heavy atom. The van der Waals surface area contributed by atoms with Crippen LogP contribution in [0.2, 0.25) is 0 Å². The molecule has 0 radical (unpaired) electrons. The largest absolute Gasteiger partial charge is 0.341 e. The van der Waals surface area contributed by atoms with Gasteiger partial charge in [0.1, 0.15) is 0 Å². The molecule has 4 nitrogen and oxygen atoms in total. The molecule has 1 aliphatic heterocycles. The van der Waals surface area contributed by atoms with Gasteiger partial charge in [0.25, 0.3) is 0 Å². The van der Waals surface area contributed by atoms with E-state index < -0.39 is 5.92 Å². The summed E-state index contributed by atoms with van der Waals surface area (Å²) in [5, 5.41) is 9.23. The summed E-state index contributed by atoms with van der Waals surface area (Å²) in [6, 6.07) is 8.95. The van der Waals surface area contributed by atoms with Crippen molar-refractivity contribution in [1.29, 1.82) is 5.26 Å². The van der Waals surface area contributed by atoms with Crippen LogP contribution in [0.3, 0.4) is 0 Å². The van der Waals surface area contributed by atoms with Gasteiger partial charge in [-0.3, -0.25) is 9.59 Å². The molecular formula is C16H18N2O2. The van der Waals surface area contributed by atoms with Gasteiger partial charge >= 0.3 is 0 Å². The first-order chi connectivity index (χ1) is 9.65. The Hall–Kier alpha value is -2.15. The van der Waals surface area contributed by atoms with Gasteiger partial charge in [-0.15, -0.1) is 0 Å². The van der Waals surface area contributed by atoms with E-state index >= 15 is 0 Å². The van der Waals surface area contributed by atoms with Crippen LogP contribution in [0.1, 0.15) is 35.2 Å². The standard InChI is InChI=1S/C16H18N2O2/c1-12-7-3-4-8-13(12)15(19)14(11-17)16(20)18-9-5-2-6-10-18/h3-4,7-8,14H,2,5-6,9-10H2,1H3/t14-/m0/s1. The minimum Gasteiger partial charge on any atom is -0.341 e. The summed E-state index contributed by atoms with van der Waals surface area (Å²) in [6.45, 7) is 3.11. The molecule has 0 unspecified atom stereocenters. The number of Topliss-reactive ketones (excluding diaryl/α,β-unsaturated/α-hetero) is 1. The van der Waals surface area contributed by atoms with Crippen LogP contribution in [-0.2, 0) is 4.79 Å². The van der Waals surface area contributed by atoms with Gasteiger partial charge in [-0.25, -0.2) is 0 Å². The number of benzene rings is 1. The number of hydrogen-bond acceptors (Lipinski definition) is 3. The van der Waals surface area contributed by atoms with Crippen LogP contribution in [0.25, 0.3) is 0 Å². The molecule has 0 spiro atoms. The third-order valence-corrected chi connectivity index (χ3v) is 3.72. The van der Waals surface area contributed by atoms with E-state index in [0.717, 1.165) is 24.8 Å². The highest BCUT2D eigenvalue weighted by atomic mass is 16.2. The van der Waals surface area contributed by atoms with Crippen LogP contribution < -0.4 is 0 Å². The Morgan fingerprint density at radius 1 is 1.20 bits per heavy atom. The molecule has 0 saturated carbocycles. The number of ketones is 1. The predicted molar refractivity (Wildman–Crippen MR) is 75.0 cm³/mol. The maximum atomic E-state index is 12.4. The van der Waals surface area contributed by atoms with Crippen LogP contribution in [-0.4, -0.2) is 29.7 Å². The molecule has 2 rings (SSSR count). The molecule has 1 aromatic carbocycles. The number of amides is 1. The normalized spacial score (nSPS) is 16.3. The van der Waals surface area contributed by atoms with Gasteiger partial charge in [0.15, 0.2) is 11.7 Å². The first-order valence-electron chi connectivity index (χ1n) is 6.93. The number of carbonyl (C=O) groups is 2. The smallest absolute Gasteiger partial charge is 0.247 e. The SMILES string of the molecule is Cc1ccccc1C(=O)[C@H](C#N)C(=O)N1CCCCC1. The molecule has 1 aliphatic rings. The minimum absolute atomic E-state index is 0.347. The number of nitrogens with zero attached hydrogens (tertiary/aromatic N) is 2. The van der Waals surface area contributed by atoms with Crippen LogP contribution in [0.15, 0.2) is 24.3 Å². The molecule has 1 saturated heterocycles. The highest BCUT2D eigenvalue weighted by Gasteiger charge is 2.32. The van der Waals surface area contributed by atoms with Crippen LogP contribution >= 0.6 is 0 Å². The Labute approximate surface area is 119 Å². The molecule has 0 aliphatic carbocycles. The molecule has 0 bridgehead atoms. The van der Waals surface area contributed by atoms with Crippen molar-refractivity contribution in [3.63, 3.8) is 0 Å². The molecule has 1 heterocycles. The molecular weight excluding hydrogens is 252 g/mol. The van der Waals surface area contributed by atoms with E-state index in [0.29, 0.717) is 18.7 Å². The van der Waals surface area contributed by atoms with E-state index in [4.69, 9.17) is 0 Å². The van der Waals surface area contributed by atoms with E-state index in [2.05, 4.69) is 0 Å². The molecule has 104 valence electrons. The molecule has 0 N–H and O–H groups in total. The van der Waals surface area contributed by atoms with Gasteiger partial charge in [0.2, 0.25) is 5.91 Å². The average Bonchev–Trinajstić information content (AvgIpc) is 2.49. The number of carbonyl (C=O) groups excluding carboxylic acids is 2. The second-order valence-electron chi connectivity index (χ2n) is 5.13. The van der Waals surface area contributed by atoms with E-state index in [1.165, 1.54) is 0 Å². The van der Waals surface area contributed by atoms with Crippen molar-refractivity contribution in [2.75, 3.05) is 13.1 Å². The fourth-order valence-electron chi connectivity index (χ4n) is 2.53. The van der Waals surface area contributed by atoms with Gasteiger partial charge in [0.05, 0.1) is 6.07 Å². The second-order valence-corrected chi connectivity index (χ2v) is 5.13. The topological polar surface area (TPSA) is 61.2 Å². The molecule has 1 amide bonds. The van der Waals surface area contributed by atoms with Crippen LogP contribution in [0.5, 0.6) is 0 Å². The second kappa shape index (κ2) is 6.33. The molecule has 1 aromatic rings. The Balaban J connectivity index is 2.20. The number of likely N-dealkylation sites (tertiary alicyclic amines) is 1. The predicted octanol–water partition coefficient (Wildman–Crippen LogP) is 2.33. The molecule has 4 heteroatoms. The van der Waals surface area contributed by atoms with Crippen molar-refractivity contribution < 1.29 is 9.59 Å². The zero-order valence-corrected chi connectivity index (χ0v) is 11.6. The van der Waals surface area contributed by atoms with E-state index in [1.807, 2.05) is 25.1 Å². The van der Waals surface area contributed by atoms with Gasteiger partial charge in [-0.05, 0) is 31.7 Å². The zero-order chi connectivity index (χ0) is 14.5. The maximum absolute atomic E-state index is 12.4. The van der Waals surface area contributed by atoms with E-state index in [9.17, 15) is 14.9 Å². The summed E-state index contributed by atoms with van der Waals surface area (Å²) >= 11 is 0. The van der Waals surface area contributed by atoms with Gasteiger partial charge in [-0.1, -0.05) is 24.3 Å². The maximum Gasteiger partial charge on any atom is 0.247 e. The van der Waals surface area contributed by atoms with E-state index in [1.54, 1.807) is 17.0 Å². The highest BCUT2D eigenvalue weighted by molar-refractivity contribution is 6.12. The summed E-state index contributed by atoms with van der Waals surface area (Å²) in [6.07, 6.45) is 3.00. The van der Waals surface area contributed by atoms with Crippen molar-refractivity contribution in [1.82, 2.24) is 4.90 Å². The fourth-order valence-corrected chi connectivity index (χ4v) is 2.53. The van der Waals surface area contributed by atoms with Crippen molar-refractivity contribution in [3.05, 3.63) is 35.4 Å². The number of nitriles is 1. The number of piperidine rings is 1. The van der Waals surface area contributed by atoms with Crippen molar-refractivity contribution in [2.45, 2.75) is 26.2 Å². The van der Waals surface area contributed by atoms with Crippen molar-refractivity contribution >= 4 is 11.7 Å². The van der Waals surface area contributed by atoms with Gasteiger partial charge in [0, 0.05) is 18.7 Å². The molecule has 0 aromatic heterocycles. The quantitative estimate of drug-likeness (QED) is 0.625. The summed E-state index contributed by atoms with van der Waals surface area (Å²) in [5.74, 6) is -1.95. The fraction of sp³-hybridized carbons (Fsp3) is 0.438. The first-order valence-corrected chi connectivity index (χ1v) is 6.93. The van der Waals surface area contributed by atoms with Crippen LogP contribution in [0, 0.1) is 24.2 Å². The number of hydrogen-bond donors (Lipinski definition) is 0. The summed E-state index contributed by atoms with van der Waals surface area (Å²) in [5.41, 5.74) is 1.26. The van der Waals surface area contributed by atoms with Gasteiger partial charge in [-0.2, -0.15) is 5.26 Å². The molecule has 1 fully saturated rings. The Bertz CT molecular complexity index is 554. The third-order valence-electron chi connectivity index (χ3n) is 3.72. The van der Waals surface area contributed by atoms with Crippen LogP contribution in [0.4, 0.5) is 0 Å². The highest BCUT2D eigenvalue weighted by Crippen LogP contribution is 2.18. The lowest BCUT2D eigenvalue weighted by atomic mass is 9.94. The lowest BCUT2D eigenvalue weighted by Crippen LogP contribution is -2.41. The number of rotatable bonds is 3. The molecule has 1 atom stereocenters. The zero-order valence-electron chi connectivity index (χ0n) is 11.6. The molecule has 20 heavy (non-hydrogen) atoms. The minimum atomic E-state index is -1.21. The van der Waals surface area contributed by atoms with Crippen molar-refractivity contribution in [2.24, 2.45) is 5.92 Å². The van der Waals surface area contributed by atoms with Gasteiger partial charge < -0.3 is 4.90 Å². The lowest BCUT2D eigenvalue weighted by Gasteiger charge is -2.28. The number of aryl methyl sites for hydroxylation is 1. The lowest BCUT2D eigenvalue weighted by molar-refractivity contribution is -0.133. The third kappa shape index (κ3) is 2.88. The summed E-state index contributed by atoms with van der Waals surface area (Å²) in [7, 11) is 0. The Kier molecular flexibility index (Phi) is 4.52.